The fourth-order valence-electron chi connectivity index (χ4n) is 2.47. The normalized spacial score (nSPS) is 13.0. The number of aryl methyl sites for hydroxylation is 3. The van der Waals surface area contributed by atoms with Gasteiger partial charge in [-0.25, -0.2) is 15.0 Å². The number of oxazole rings is 1. The molecule has 5 nitrogen and oxygen atoms in total. The number of imidazole rings is 1. The Morgan fingerprint density at radius 2 is 2.10 bits per heavy atom. The van der Waals surface area contributed by atoms with E-state index in [0.29, 0.717) is 18.2 Å². The van der Waals surface area contributed by atoms with Crippen LogP contribution in [0, 0.1) is 13.8 Å². The van der Waals surface area contributed by atoms with E-state index < -0.39 is 0 Å². The maximum Gasteiger partial charge on any atom is 0.217 e. The zero-order chi connectivity index (χ0) is 15.0. The molecule has 3 aromatic rings. The molecule has 6 heteroatoms. The van der Waals surface area contributed by atoms with Gasteiger partial charge in [-0.2, -0.15) is 0 Å². The Morgan fingerprint density at radius 1 is 1.29 bits per heavy atom. The van der Waals surface area contributed by atoms with Gasteiger partial charge < -0.3 is 8.98 Å². The van der Waals surface area contributed by atoms with Crippen molar-refractivity contribution in [3.05, 3.63) is 41.5 Å². The smallest absolute Gasteiger partial charge is 0.217 e. The number of nitrogens with zero attached hydrogens (tertiary/aromatic N) is 4. The number of alkyl halides is 1. The summed E-state index contributed by atoms with van der Waals surface area (Å²) in [6.07, 6.45) is 4.25. The van der Waals surface area contributed by atoms with Crippen molar-refractivity contribution in [3.8, 4) is 0 Å². The number of aromatic nitrogens is 4. The Hall–Kier alpha value is -1.88. The Bertz CT molecular complexity index is 777. The van der Waals surface area contributed by atoms with Gasteiger partial charge in [-0.15, -0.1) is 11.6 Å². The van der Waals surface area contributed by atoms with Gasteiger partial charge in [0.1, 0.15) is 23.1 Å². The number of pyridine rings is 1. The molecule has 0 radical (unpaired) electrons. The van der Waals surface area contributed by atoms with Crippen LogP contribution in [0.15, 0.2) is 22.9 Å². The summed E-state index contributed by atoms with van der Waals surface area (Å²) in [5.74, 6) is 2.87. The molecule has 0 amide bonds. The summed E-state index contributed by atoms with van der Waals surface area (Å²) < 4.78 is 7.71. The van der Waals surface area contributed by atoms with E-state index in [9.17, 15) is 0 Å². The molecular weight excluding hydrogens is 288 g/mol. The van der Waals surface area contributed by atoms with Gasteiger partial charge in [0, 0.05) is 18.5 Å². The molecule has 1 unspecified atom stereocenters. The van der Waals surface area contributed by atoms with Crippen molar-refractivity contribution in [1.82, 2.24) is 19.5 Å². The summed E-state index contributed by atoms with van der Waals surface area (Å²) in [5.41, 5.74) is 2.80. The van der Waals surface area contributed by atoms with Crippen LogP contribution < -0.4 is 0 Å². The number of hydrogen-bond donors (Lipinski definition) is 0. The summed E-state index contributed by atoms with van der Waals surface area (Å²) >= 11 is 5.91. The van der Waals surface area contributed by atoms with E-state index in [0.717, 1.165) is 28.3 Å². The van der Waals surface area contributed by atoms with Crippen LogP contribution in [0.25, 0.3) is 11.2 Å². The molecule has 0 N–H and O–H groups in total. The van der Waals surface area contributed by atoms with Crippen molar-refractivity contribution in [3.63, 3.8) is 0 Å². The lowest BCUT2D eigenvalue weighted by Gasteiger charge is -2.13. The van der Waals surface area contributed by atoms with Crippen LogP contribution in [-0.4, -0.2) is 25.4 Å². The summed E-state index contributed by atoms with van der Waals surface area (Å²) in [7, 11) is 0. The van der Waals surface area contributed by atoms with Crippen molar-refractivity contribution in [2.75, 3.05) is 5.88 Å². The van der Waals surface area contributed by atoms with E-state index in [1.807, 2.05) is 33.0 Å². The first-order valence-corrected chi connectivity index (χ1v) is 7.45. The second-order valence-corrected chi connectivity index (χ2v) is 5.56. The van der Waals surface area contributed by atoms with Gasteiger partial charge in [-0.05, 0) is 32.4 Å². The first-order valence-electron chi connectivity index (χ1n) is 6.92. The molecule has 0 aliphatic carbocycles. The van der Waals surface area contributed by atoms with Crippen LogP contribution in [0.1, 0.15) is 36.0 Å². The van der Waals surface area contributed by atoms with E-state index >= 15 is 0 Å². The molecule has 110 valence electrons. The minimum atomic E-state index is -0.0721. The molecule has 0 fully saturated rings. The second kappa shape index (κ2) is 5.48. The van der Waals surface area contributed by atoms with Crippen molar-refractivity contribution < 1.29 is 4.42 Å². The summed E-state index contributed by atoms with van der Waals surface area (Å²) in [5, 5.41) is 0. The Balaban J connectivity index is 2.16. The van der Waals surface area contributed by atoms with Crippen LogP contribution in [0.5, 0.6) is 0 Å². The number of hydrogen-bond acceptors (Lipinski definition) is 4. The van der Waals surface area contributed by atoms with Gasteiger partial charge in [-0.1, -0.05) is 0 Å². The highest BCUT2D eigenvalue weighted by Gasteiger charge is 2.21. The molecule has 3 aromatic heterocycles. The number of fused-ring (bicyclic) bond motifs is 1. The van der Waals surface area contributed by atoms with Crippen LogP contribution in [-0.2, 0) is 6.42 Å². The van der Waals surface area contributed by atoms with E-state index in [1.165, 1.54) is 0 Å². The average molecular weight is 305 g/mol. The number of halogens is 1. The van der Waals surface area contributed by atoms with Crippen molar-refractivity contribution in [2.45, 2.75) is 33.2 Å². The van der Waals surface area contributed by atoms with E-state index in [-0.39, 0.29) is 6.04 Å². The third-order valence-electron chi connectivity index (χ3n) is 3.44. The third-order valence-corrected chi connectivity index (χ3v) is 3.63. The highest BCUT2D eigenvalue weighted by atomic mass is 35.5. The molecule has 1 atom stereocenters. The summed E-state index contributed by atoms with van der Waals surface area (Å²) in [6, 6.07) is 1.96. The van der Waals surface area contributed by atoms with Gasteiger partial charge in [0.25, 0.3) is 0 Å². The standard InChI is InChI=1S/C15H17ClN4O/c1-9-6-12-14(17-7-9)20(13(19-12)4-5-16)11(3)15-18-8-10(2)21-15/h6-8,11H,4-5H2,1-3H3. The molecule has 0 aliphatic heterocycles. The van der Waals surface area contributed by atoms with Crippen molar-refractivity contribution in [1.29, 1.82) is 0 Å². The fourth-order valence-corrected chi connectivity index (χ4v) is 2.64. The number of rotatable bonds is 4. The average Bonchev–Trinajstić information content (AvgIpc) is 3.01. The van der Waals surface area contributed by atoms with Crippen LogP contribution >= 0.6 is 11.6 Å². The largest absolute Gasteiger partial charge is 0.444 e. The summed E-state index contributed by atoms with van der Waals surface area (Å²) in [6.45, 7) is 5.93. The van der Waals surface area contributed by atoms with Gasteiger partial charge in [0.2, 0.25) is 5.89 Å². The molecule has 0 aliphatic rings. The zero-order valence-electron chi connectivity index (χ0n) is 12.3. The van der Waals surface area contributed by atoms with Crippen molar-refractivity contribution >= 4 is 22.8 Å². The Morgan fingerprint density at radius 3 is 2.76 bits per heavy atom. The Kier molecular flexibility index (Phi) is 3.68. The highest BCUT2D eigenvalue weighted by Crippen LogP contribution is 2.25. The molecule has 0 spiro atoms. The lowest BCUT2D eigenvalue weighted by molar-refractivity contribution is 0.413. The molecular formula is C15H17ClN4O. The first-order chi connectivity index (χ1) is 10.1. The lowest BCUT2D eigenvalue weighted by Crippen LogP contribution is -2.12. The predicted octanol–water partition coefficient (Wildman–Crippen LogP) is 3.43. The SMILES string of the molecule is Cc1cnc2c(c1)nc(CCCl)n2C(C)c1ncc(C)o1. The van der Waals surface area contributed by atoms with Gasteiger partial charge in [0.05, 0.1) is 6.20 Å². The Labute approximate surface area is 128 Å². The van der Waals surface area contributed by atoms with E-state index in [2.05, 4.69) is 19.5 Å². The van der Waals surface area contributed by atoms with E-state index in [4.69, 9.17) is 16.0 Å². The maximum absolute atomic E-state index is 5.91. The minimum Gasteiger partial charge on any atom is -0.444 e. The predicted molar refractivity (Wildman–Crippen MR) is 81.7 cm³/mol. The fraction of sp³-hybridized carbons (Fsp3) is 0.400. The maximum atomic E-state index is 5.91. The van der Waals surface area contributed by atoms with Crippen LogP contribution in [0.3, 0.4) is 0 Å². The quantitative estimate of drug-likeness (QED) is 0.693. The molecule has 0 aromatic carbocycles. The van der Waals surface area contributed by atoms with Crippen LogP contribution in [0.2, 0.25) is 0 Å². The third kappa shape index (κ3) is 2.53. The zero-order valence-corrected chi connectivity index (χ0v) is 13.1. The monoisotopic (exact) mass is 304 g/mol. The summed E-state index contributed by atoms with van der Waals surface area (Å²) in [4.78, 5) is 13.5. The van der Waals surface area contributed by atoms with Gasteiger partial charge >= 0.3 is 0 Å². The molecule has 3 rings (SSSR count). The van der Waals surface area contributed by atoms with Gasteiger partial charge in [0.15, 0.2) is 5.65 Å². The molecule has 21 heavy (non-hydrogen) atoms. The topological polar surface area (TPSA) is 56.7 Å². The van der Waals surface area contributed by atoms with E-state index in [1.54, 1.807) is 6.20 Å². The molecule has 0 bridgehead atoms. The molecule has 3 heterocycles. The molecule has 0 saturated carbocycles. The van der Waals surface area contributed by atoms with Crippen LogP contribution in [0.4, 0.5) is 0 Å². The second-order valence-electron chi connectivity index (χ2n) is 5.18. The lowest BCUT2D eigenvalue weighted by atomic mass is 10.3. The molecule has 0 saturated heterocycles. The first kappa shape index (κ1) is 14.1. The highest BCUT2D eigenvalue weighted by molar-refractivity contribution is 6.17. The minimum absolute atomic E-state index is 0.0721. The van der Waals surface area contributed by atoms with Crippen molar-refractivity contribution in [2.24, 2.45) is 0 Å². The van der Waals surface area contributed by atoms with Gasteiger partial charge in [-0.3, -0.25) is 0 Å².